The van der Waals surface area contributed by atoms with Crippen LogP contribution in [0, 0.1) is 5.92 Å². The predicted molar refractivity (Wildman–Crippen MR) is 138 cm³/mol. The van der Waals surface area contributed by atoms with Gasteiger partial charge in [-0.25, -0.2) is 9.78 Å². The van der Waals surface area contributed by atoms with E-state index in [1.54, 1.807) is 20.0 Å². The molecule has 3 amide bonds. The van der Waals surface area contributed by atoms with E-state index in [-0.39, 0.29) is 12.8 Å². The van der Waals surface area contributed by atoms with Crippen molar-refractivity contribution in [3.8, 4) is 0 Å². The number of aliphatic hydroxyl groups excluding tert-OH is 1. The summed E-state index contributed by atoms with van der Waals surface area (Å²) in [7, 11) is 0. The number of aliphatic hydroxyl groups is 1. The SMILES string of the molecule is CC(C)C(NC(=O)C(Cc1cnc[nH]1)NC(=O)C(CO)NC(=O)C(N)Cc1c[nH]c2ccccc12)C(=O)O. The molecule has 4 atom stereocenters. The van der Waals surface area contributed by atoms with Gasteiger partial charge >= 0.3 is 5.97 Å². The molecule has 204 valence electrons. The first-order valence-corrected chi connectivity index (χ1v) is 12.1. The Balaban J connectivity index is 1.67. The topological polar surface area (TPSA) is 215 Å². The number of hydrogen-bond acceptors (Lipinski definition) is 7. The molecule has 38 heavy (non-hydrogen) atoms. The van der Waals surface area contributed by atoms with Gasteiger partial charge in [0.05, 0.1) is 19.0 Å². The number of rotatable bonds is 13. The summed E-state index contributed by atoms with van der Waals surface area (Å²) in [4.78, 5) is 60.0. The summed E-state index contributed by atoms with van der Waals surface area (Å²) < 4.78 is 0. The van der Waals surface area contributed by atoms with Crippen molar-refractivity contribution in [1.29, 1.82) is 0 Å². The van der Waals surface area contributed by atoms with Gasteiger partial charge < -0.3 is 41.9 Å². The Morgan fingerprint density at radius 3 is 2.29 bits per heavy atom. The fourth-order valence-corrected chi connectivity index (χ4v) is 3.97. The van der Waals surface area contributed by atoms with Gasteiger partial charge in [-0.3, -0.25) is 14.4 Å². The van der Waals surface area contributed by atoms with E-state index in [0.717, 1.165) is 16.5 Å². The van der Waals surface area contributed by atoms with Crippen molar-refractivity contribution in [2.45, 2.75) is 50.9 Å². The molecule has 3 aromatic rings. The van der Waals surface area contributed by atoms with Crippen LogP contribution in [0.25, 0.3) is 10.9 Å². The maximum absolute atomic E-state index is 13.0. The highest BCUT2D eigenvalue weighted by Gasteiger charge is 2.31. The van der Waals surface area contributed by atoms with E-state index in [4.69, 9.17) is 5.73 Å². The van der Waals surface area contributed by atoms with Gasteiger partial charge in [-0.05, 0) is 24.0 Å². The maximum atomic E-state index is 13.0. The number of carboxylic acids is 1. The van der Waals surface area contributed by atoms with Gasteiger partial charge in [-0.15, -0.1) is 0 Å². The molecule has 0 saturated heterocycles. The molecule has 0 bridgehead atoms. The molecule has 3 rings (SSSR count). The lowest BCUT2D eigenvalue weighted by Gasteiger charge is -2.25. The van der Waals surface area contributed by atoms with Crippen molar-refractivity contribution in [2.24, 2.45) is 11.7 Å². The van der Waals surface area contributed by atoms with Crippen molar-refractivity contribution >= 4 is 34.6 Å². The Hall–Kier alpha value is -4.23. The third-order valence-corrected chi connectivity index (χ3v) is 6.11. The molecule has 2 heterocycles. The Morgan fingerprint density at radius 1 is 0.974 bits per heavy atom. The van der Waals surface area contributed by atoms with Crippen LogP contribution in [-0.2, 0) is 32.0 Å². The zero-order valence-electron chi connectivity index (χ0n) is 21.1. The van der Waals surface area contributed by atoms with Gasteiger partial charge in [0, 0.05) is 35.4 Å². The lowest BCUT2D eigenvalue weighted by molar-refractivity contribution is -0.143. The molecule has 0 spiro atoms. The number of carbonyl (C=O) groups excluding carboxylic acids is 3. The highest BCUT2D eigenvalue weighted by Crippen LogP contribution is 2.18. The number of para-hydroxylation sites is 1. The molecule has 9 N–H and O–H groups in total. The summed E-state index contributed by atoms with van der Waals surface area (Å²) in [5, 5.41) is 27.5. The van der Waals surface area contributed by atoms with Crippen LogP contribution in [0.5, 0.6) is 0 Å². The number of nitrogens with two attached hydrogens (primary N) is 1. The zero-order chi connectivity index (χ0) is 27.8. The van der Waals surface area contributed by atoms with Crippen molar-refractivity contribution in [2.75, 3.05) is 6.61 Å². The smallest absolute Gasteiger partial charge is 0.326 e. The number of aliphatic carboxylic acids is 1. The van der Waals surface area contributed by atoms with Crippen LogP contribution < -0.4 is 21.7 Å². The summed E-state index contributed by atoms with van der Waals surface area (Å²) in [6, 6.07) is 2.74. The van der Waals surface area contributed by atoms with Crippen LogP contribution in [0.3, 0.4) is 0 Å². The van der Waals surface area contributed by atoms with Gasteiger partial charge in [0.15, 0.2) is 0 Å². The Kier molecular flexibility index (Phi) is 9.57. The van der Waals surface area contributed by atoms with Gasteiger partial charge in [0.25, 0.3) is 0 Å². The number of fused-ring (bicyclic) bond motifs is 1. The second-order valence-electron chi connectivity index (χ2n) is 9.32. The fourth-order valence-electron chi connectivity index (χ4n) is 3.97. The lowest BCUT2D eigenvalue weighted by Crippen LogP contribution is -2.59. The third-order valence-electron chi connectivity index (χ3n) is 6.11. The molecule has 0 aliphatic heterocycles. The molecule has 0 aliphatic rings. The summed E-state index contributed by atoms with van der Waals surface area (Å²) in [5.41, 5.74) is 8.31. The number of carbonyl (C=O) groups is 4. The first-order valence-electron chi connectivity index (χ1n) is 12.1. The largest absolute Gasteiger partial charge is 0.480 e. The summed E-state index contributed by atoms with van der Waals surface area (Å²) >= 11 is 0. The summed E-state index contributed by atoms with van der Waals surface area (Å²) in [5.74, 6) is -3.87. The molecule has 13 heteroatoms. The molecule has 0 saturated carbocycles. The average molecular weight is 528 g/mol. The van der Waals surface area contributed by atoms with Crippen molar-refractivity contribution in [3.05, 3.63) is 54.2 Å². The lowest BCUT2D eigenvalue weighted by atomic mass is 10.0. The van der Waals surface area contributed by atoms with Crippen LogP contribution in [0.1, 0.15) is 25.1 Å². The second-order valence-corrected chi connectivity index (χ2v) is 9.32. The number of benzene rings is 1. The van der Waals surface area contributed by atoms with Gasteiger partial charge in [-0.2, -0.15) is 0 Å². The second kappa shape index (κ2) is 12.8. The molecule has 4 unspecified atom stereocenters. The number of carboxylic acid groups (broad SMARTS) is 1. The maximum Gasteiger partial charge on any atom is 0.326 e. The minimum absolute atomic E-state index is 0.0336. The van der Waals surface area contributed by atoms with E-state index in [0.29, 0.717) is 5.69 Å². The molecule has 0 radical (unpaired) electrons. The van der Waals surface area contributed by atoms with Crippen LogP contribution in [0.2, 0.25) is 0 Å². The van der Waals surface area contributed by atoms with E-state index in [1.165, 1.54) is 12.5 Å². The quantitative estimate of drug-likeness (QED) is 0.140. The van der Waals surface area contributed by atoms with Crippen molar-refractivity contribution in [3.63, 3.8) is 0 Å². The van der Waals surface area contributed by atoms with Crippen LogP contribution in [0.15, 0.2) is 43.0 Å². The first-order chi connectivity index (χ1) is 18.1. The molecule has 2 aromatic heterocycles. The average Bonchev–Trinajstić information content (AvgIpc) is 3.54. The molecule has 0 aliphatic carbocycles. The van der Waals surface area contributed by atoms with Gasteiger partial charge in [0.2, 0.25) is 17.7 Å². The van der Waals surface area contributed by atoms with Crippen molar-refractivity contribution < 1.29 is 29.4 Å². The minimum atomic E-state index is -1.39. The first kappa shape index (κ1) is 28.3. The number of imidazole rings is 1. The predicted octanol–water partition coefficient (Wildman–Crippen LogP) is -0.809. The highest BCUT2D eigenvalue weighted by atomic mass is 16.4. The van der Waals surface area contributed by atoms with E-state index < -0.39 is 60.4 Å². The van der Waals surface area contributed by atoms with Crippen LogP contribution in [0.4, 0.5) is 0 Å². The van der Waals surface area contributed by atoms with E-state index >= 15 is 0 Å². The summed E-state index contributed by atoms with van der Waals surface area (Å²) in [6.45, 7) is 2.52. The fraction of sp³-hybridized carbons (Fsp3) is 0.400. The zero-order valence-corrected chi connectivity index (χ0v) is 21.1. The number of nitrogens with zero attached hydrogens (tertiary/aromatic N) is 1. The number of aromatic nitrogens is 3. The van der Waals surface area contributed by atoms with Crippen molar-refractivity contribution in [1.82, 2.24) is 30.9 Å². The molecular weight excluding hydrogens is 494 g/mol. The molecular formula is C25H33N7O6. The third kappa shape index (κ3) is 7.17. The van der Waals surface area contributed by atoms with Crippen LogP contribution in [-0.4, -0.2) is 79.6 Å². The number of nitrogens with one attached hydrogen (secondary N) is 5. The summed E-state index contributed by atoms with van der Waals surface area (Å²) in [6.07, 6.45) is 4.76. The van der Waals surface area contributed by atoms with E-state index in [1.807, 2.05) is 24.3 Å². The van der Waals surface area contributed by atoms with Gasteiger partial charge in [-0.1, -0.05) is 32.0 Å². The number of amides is 3. The van der Waals surface area contributed by atoms with Gasteiger partial charge in [0.1, 0.15) is 18.1 Å². The molecule has 13 nitrogen and oxygen atoms in total. The van der Waals surface area contributed by atoms with Crippen LogP contribution >= 0.6 is 0 Å². The monoisotopic (exact) mass is 527 g/mol. The number of hydrogen-bond donors (Lipinski definition) is 8. The standard InChI is InChI=1S/C25H33N7O6/c1-13(2)21(25(37)38)32-23(35)19(8-15-10-27-12-29-15)30-24(36)20(11-33)31-22(34)17(26)7-14-9-28-18-6-4-3-5-16(14)18/h3-6,9-10,12-13,17,19-21,28,33H,7-8,11,26H2,1-2H3,(H,27,29)(H,30,36)(H,31,34)(H,32,35)(H,37,38). The highest BCUT2D eigenvalue weighted by molar-refractivity contribution is 5.94. The normalized spacial score (nSPS) is 14.4. The number of H-pyrrole nitrogens is 2. The van der Waals surface area contributed by atoms with E-state index in [2.05, 4.69) is 30.9 Å². The molecule has 0 fully saturated rings. The van der Waals surface area contributed by atoms with E-state index in [9.17, 15) is 29.4 Å². The minimum Gasteiger partial charge on any atom is -0.480 e. The molecule has 1 aromatic carbocycles. The Labute approximate surface area is 218 Å². The Morgan fingerprint density at radius 2 is 1.66 bits per heavy atom. The number of aromatic amines is 2. The Bertz CT molecular complexity index is 1260.